The average Bonchev–Trinajstić information content (AvgIpc) is 3.57. The Bertz CT molecular complexity index is 1310. The summed E-state index contributed by atoms with van der Waals surface area (Å²) in [5, 5.41) is 3.21. The highest BCUT2D eigenvalue weighted by Gasteiger charge is 2.28. The first-order chi connectivity index (χ1) is 17.1. The Hall–Kier alpha value is -2.94. The first kappa shape index (κ1) is 26.1. The van der Waals surface area contributed by atoms with E-state index in [1.165, 1.54) is 11.1 Å². The van der Waals surface area contributed by atoms with Crippen molar-refractivity contribution in [3.8, 4) is 22.6 Å². The Morgan fingerprint density at radius 1 is 1.06 bits per heavy atom. The number of thiophene rings is 1. The zero-order valence-corrected chi connectivity index (χ0v) is 22.4. The molecule has 2 aromatic heterocycles. The van der Waals surface area contributed by atoms with Crippen molar-refractivity contribution in [3.63, 3.8) is 0 Å². The Kier molecular flexibility index (Phi) is 8.28. The molecule has 6 nitrogen and oxygen atoms in total. The Morgan fingerprint density at radius 2 is 1.78 bits per heavy atom. The number of fused-ring (bicyclic) bond motifs is 1. The van der Waals surface area contributed by atoms with Crippen LogP contribution < -0.4 is 15.2 Å². The van der Waals surface area contributed by atoms with Gasteiger partial charge < -0.3 is 25.1 Å². The van der Waals surface area contributed by atoms with Gasteiger partial charge in [-0.1, -0.05) is 18.2 Å². The normalized spacial score (nSPS) is 14.9. The molecule has 0 bridgehead atoms. The second kappa shape index (κ2) is 11.4. The lowest BCUT2D eigenvalue weighted by Gasteiger charge is -2.33. The fourth-order valence-electron chi connectivity index (χ4n) is 4.95. The van der Waals surface area contributed by atoms with Gasteiger partial charge in [-0.25, -0.2) is 0 Å². The van der Waals surface area contributed by atoms with E-state index in [0.717, 1.165) is 59.0 Å². The summed E-state index contributed by atoms with van der Waals surface area (Å²) in [4.78, 5) is 19.6. The zero-order chi connectivity index (χ0) is 24.4. The van der Waals surface area contributed by atoms with E-state index in [4.69, 9.17) is 15.2 Å². The average molecular weight is 524 g/mol. The van der Waals surface area contributed by atoms with Gasteiger partial charge in [0.2, 0.25) is 5.91 Å². The molecule has 3 heterocycles. The molecule has 8 heteroatoms. The van der Waals surface area contributed by atoms with Crippen molar-refractivity contribution in [2.45, 2.75) is 31.2 Å². The number of rotatable bonds is 7. The fraction of sp³-hybridized carbons (Fsp3) is 0.321. The second-order valence-electron chi connectivity index (χ2n) is 9.09. The van der Waals surface area contributed by atoms with Crippen LogP contribution in [-0.4, -0.2) is 49.1 Å². The van der Waals surface area contributed by atoms with Gasteiger partial charge >= 0.3 is 0 Å². The van der Waals surface area contributed by atoms with Crippen LogP contribution in [0, 0.1) is 0 Å². The van der Waals surface area contributed by atoms with Crippen LogP contribution in [0.5, 0.6) is 11.5 Å². The molecule has 1 saturated heterocycles. The maximum Gasteiger partial charge on any atom is 0.239 e. The minimum absolute atomic E-state index is 0. The minimum atomic E-state index is -0.465. The number of hydrogen-bond acceptors (Lipinski definition) is 5. The number of carbonyl (C=O) groups is 1. The van der Waals surface area contributed by atoms with Crippen LogP contribution in [0.25, 0.3) is 22.0 Å². The number of methoxy groups -OCH3 is 2. The fourth-order valence-corrected chi connectivity index (χ4v) is 5.71. The van der Waals surface area contributed by atoms with Crippen LogP contribution in [0.15, 0.2) is 60.0 Å². The highest BCUT2D eigenvalue weighted by atomic mass is 32.1. The summed E-state index contributed by atoms with van der Waals surface area (Å²) in [7, 11) is 3.30. The number of piperidine rings is 1. The number of nitrogens with zero attached hydrogens (tertiary/aromatic N) is 1. The molecular formula is C28H33N3O3S2. The molecule has 1 atom stereocenters. The van der Waals surface area contributed by atoms with Gasteiger partial charge in [-0.15, -0.1) is 11.3 Å². The highest BCUT2D eigenvalue weighted by molar-refractivity contribution is 7.59. The van der Waals surface area contributed by atoms with Crippen molar-refractivity contribution in [1.29, 1.82) is 0 Å². The molecule has 1 aliphatic heterocycles. The lowest BCUT2D eigenvalue weighted by atomic mass is 9.93. The molecular weight excluding hydrogens is 490 g/mol. The molecule has 0 radical (unpaired) electrons. The monoisotopic (exact) mass is 523 g/mol. The van der Waals surface area contributed by atoms with Crippen molar-refractivity contribution in [3.05, 3.63) is 70.5 Å². The Balaban J connectivity index is 0.00000304. The number of carbonyl (C=O) groups excluding carboxylic acids is 1. The summed E-state index contributed by atoms with van der Waals surface area (Å²) in [6, 6.07) is 18.3. The number of nitrogens with two attached hydrogens (primary N) is 1. The molecule has 4 aromatic rings. The molecule has 0 spiro atoms. The van der Waals surface area contributed by atoms with E-state index in [1.807, 2.05) is 40.6 Å². The number of benzene rings is 2. The second-order valence-corrected chi connectivity index (χ2v) is 10.1. The van der Waals surface area contributed by atoms with Gasteiger partial charge in [0, 0.05) is 46.9 Å². The van der Waals surface area contributed by atoms with E-state index >= 15 is 0 Å². The number of aromatic nitrogens is 1. The number of H-pyrrole nitrogens is 1. The maximum absolute atomic E-state index is 12.8. The molecule has 2 aromatic carbocycles. The van der Waals surface area contributed by atoms with Crippen molar-refractivity contribution < 1.29 is 14.3 Å². The Morgan fingerprint density at radius 3 is 2.47 bits per heavy atom. The molecule has 0 saturated carbocycles. The molecule has 1 fully saturated rings. The van der Waals surface area contributed by atoms with Crippen LogP contribution in [0.4, 0.5) is 0 Å². The first-order valence-corrected chi connectivity index (χ1v) is 12.9. The number of amides is 1. The third-order valence-electron chi connectivity index (χ3n) is 6.92. The van der Waals surface area contributed by atoms with Crippen molar-refractivity contribution >= 4 is 41.6 Å². The number of likely N-dealkylation sites (tertiary alicyclic amines) is 1. The van der Waals surface area contributed by atoms with Gasteiger partial charge in [-0.2, -0.15) is 13.5 Å². The molecule has 1 amide bonds. The summed E-state index contributed by atoms with van der Waals surface area (Å²) in [6.45, 7) is 1.49. The number of nitrogens with one attached hydrogen (secondary N) is 1. The van der Waals surface area contributed by atoms with Crippen molar-refractivity contribution in [1.82, 2.24) is 9.88 Å². The standard InChI is InChI=1S/C28H31N3O3S.H2S/c1-33-26-8-6-20(16-27(26)34-2)19-5-7-24-21(14-19)15-25(30-24)18-9-11-31(12-10-18)28(32)23(29)17-22-4-3-13-35-22;/h3-8,13-16,18,23,30H,9-12,17,29H2,1-2H3;1H2/t23-;/m0./s1. The van der Waals surface area contributed by atoms with E-state index in [9.17, 15) is 4.79 Å². The van der Waals surface area contributed by atoms with Gasteiger partial charge in [-0.3, -0.25) is 4.79 Å². The van der Waals surface area contributed by atoms with Crippen LogP contribution in [0.2, 0.25) is 0 Å². The number of ether oxygens (including phenoxy) is 2. The van der Waals surface area contributed by atoms with E-state index in [2.05, 4.69) is 29.2 Å². The third-order valence-corrected chi connectivity index (χ3v) is 7.82. The summed E-state index contributed by atoms with van der Waals surface area (Å²) in [5.74, 6) is 1.91. The van der Waals surface area contributed by atoms with Gasteiger partial charge in [-0.05, 0) is 65.7 Å². The van der Waals surface area contributed by atoms with Crippen LogP contribution in [-0.2, 0) is 11.2 Å². The molecule has 3 N–H and O–H groups in total. The van der Waals surface area contributed by atoms with Crippen molar-refractivity contribution in [2.75, 3.05) is 27.3 Å². The van der Waals surface area contributed by atoms with Gasteiger partial charge in [0.25, 0.3) is 0 Å². The van der Waals surface area contributed by atoms with E-state index < -0.39 is 6.04 Å². The predicted molar refractivity (Wildman–Crippen MR) is 152 cm³/mol. The van der Waals surface area contributed by atoms with E-state index in [-0.39, 0.29) is 19.4 Å². The largest absolute Gasteiger partial charge is 0.493 e. The molecule has 5 rings (SSSR count). The van der Waals surface area contributed by atoms with Gasteiger partial charge in [0.05, 0.1) is 20.3 Å². The number of aromatic amines is 1. The molecule has 1 aliphatic rings. The third kappa shape index (κ3) is 5.40. The van der Waals surface area contributed by atoms with Crippen LogP contribution in [0.3, 0.4) is 0 Å². The molecule has 0 aliphatic carbocycles. The maximum atomic E-state index is 12.8. The highest BCUT2D eigenvalue weighted by Crippen LogP contribution is 2.35. The smallest absolute Gasteiger partial charge is 0.239 e. The quantitative estimate of drug-likeness (QED) is 0.344. The lowest BCUT2D eigenvalue weighted by Crippen LogP contribution is -2.47. The minimum Gasteiger partial charge on any atom is -0.493 e. The molecule has 0 unspecified atom stereocenters. The van der Waals surface area contributed by atoms with Crippen molar-refractivity contribution in [2.24, 2.45) is 5.73 Å². The Labute approximate surface area is 222 Å². The predicted octanol–water partition coefficient (Wildman–Crippen LogP) is 5.30. The molecule has 36 heavy (non-hydrogen) atoms. The summed E-state index contributed by atoms with van der Waals surface area (Å²) < 4.78 is 10.8. The lowest BCUT2D eigenvalue weighted by molar-refractivity contribution is -0.133. The van der Waals surface area contributed by atoms with E-state index in [0.29, 0.717) is 12.3 Å². The van der Waals surface area contributed by atoms with Gasteiger partial charge in [0.15, 0.2) is 11.5 Å². The summed E-state index contributed by atoms with van der Waals surface area (Å²) >= 11 is 1.65. The van der Waals surface area contributed by atoms with E-state index in [1.54, 1.807) is 25.6 Å². The SMILES string of the molecule is COc1ccc(-c2ccc3[nH]c(C4CCN(C(=O)[C@@H](N)Cc5cccs5)CC4)cc3c2)cc1OC.S. The topological polar surface area (TPSA) is 80.6 Å². The van der Waals surface area contributed by atoms with Gasteiger partial charge in [0.1, 0.15) is 0 Å². The zero-order valence-electron chi connectivity index (χ0n) is 20.6. The van der Waals surface area contributed by atoms with Crippen LogP contribution >= 0.6 is 24.8 Å². The molecule has 190 valence electrons. The summed E-state index contributed by atoms with van der Waals surface area (Å²) in [6.07, 6.45) is 2.49. The first-order valence-electron chi connectivity index (χ1n) is 12.0. The number of hydrogen-bond donors (Lipinski definition) is 2. The van der Waals surface area contributed by atoms with Crippen LogP contribution in [0.1, 0.15) is 29.3 Å². The summed E-state index contributed by atoms with van der Waals surface area (Å²) in [5.41, 5.74) is 10.8.